The molecule has 46 heavy (non-hydrogen) atoms. The van der Waals surface area contributed by atoms with Crippen LogP contribution in [-0.2, 0) is 12.8 Å². The Balaban J connectivity index is 1.42. The van der Waals surface area contributed by atoms with E-state index in [0.717, 1.165) is 57.6 Å². The second-order valence-electron chi connectivity index (χ2n) is 11.8. The van der Waals surface area contributed by atoms with E-state index in [9.17, 15) is 5.26 Å². The molecule has 0 bridgehead atoms. The fourth-order valence-corrected chi connectivity index (χ4v) is 7.26. The van der Waals surface area contributed by atoms with Crippen LogP contribution in [0.3, 0.4) is 0 Å². The van der Waals surface area contributed by atoms with Gasteiger partial charge in [-0.2, -0.15) is 5.26 Å². The number of aryl methyl sites for hydroxylation is 2. The first kappa shape index (κ1) is 26.2. The minimum Gasteiger partial charge on any atom is -0.307 e. The Kier molecular flexibility index (Phi) is 5.97. The van der Waals surface area contributed by atoms with E-state index >= 15 is 0 Å². The molecular weight excluding hydrogens is 560 g/mol. The van der Waals surface area contributed by atoms with Crippen molar-refractivity contribution in [2.24, 2.45) is 0 Å². The first-order valence-corrected chi connectivity index (χ1v) is 15.7. The number of benzene rings is 5. The topological polar surface area (TPSA) is 46.5 Å². The lowest BCUT2D eigenvalue weighted by Gasteiger charge is -2.21. The van der Waals surface area contributed by atoms with Crippen LogP contribution in [0.5, 0.6) is 0 Å². The second kappa shape index (κ2) is 10.5. The summed E-state index contributed by atoms with van der Waals surface area (Å²) in [7, 11) is 0. The molecule has 5 aromatic carbocycles. The van der Waals surface area contributed by atoms with E-state index < -0.39 is 0 Å². The van der Waals surface area contributed by atoms with Crippen molar-refractivity contribution < 1.29 is 0 Å². The lowest BCUT2D eigenvalue weighted by Crippen LogP contribution is -2.10. The number of hydrogen-bond acceptors (Lipinski definition) is 2. The van der Waals surface area contributed by atoms with Crippen LogP contribution in [0.2, 0.25) is 0 Å². The third kappa shape index (κ3) is 4.03. The quantitative estimate of drug-likeness (QED) is 0.205. The Morgan fingerprint density at radius 1 is 0.500 bits per heavy atom. The molecule has 9 rings (SSSR count). The molecule has 4 nitrogen and oxygen atoms in total. The number of fused-ring (bicyclic) bond motifs is 7. The summed E-state index contributed by atoms with van der Waals surface area (Å²) in [5, 5.41) is 12.3. The van der Waals surface area contributed by atoms with Gasteiger partial charge in [0, 0.05) is 27.6 Å². The minimum absolute atomic E-state index is 0.681. The summed E-state index contributed by atoms with van der Waals surface area (Å²) in [6, 6.07) is 53.2. The normalized spacial score (nSPS) is 12.2. The highest BCUT2D eigenvalue weighted by molar-refractivity contribution is 6.01. The Morgan fingerprint density at radius 2 is 1.02 bits per heavy atom. The van der Waals surface area contributed by atoms with Crippen LogP contribution in [0.25, 0.3) is 67.1 Å². The number of para-hydroxylation sites is 2. The third-order valence-corrected chi connectivity index (χ3v) is 9.25. The zero-order valence-corrected chi connectivity index (χ0v) is 25.1. The molecule has 1 aliphatic carbocycles. The SMILES string of the molecule is N#Cc1ccc2c(c1)c1c(n2-c2ccccc2)-c2c(c3ccccc3n2-c2cc(-c3ccccc3)nc(-c3ccccc3)c2)CC1. The largest absolute Gasteiger partial charge is 0.307 e. The van der Waals surface area contributed by atoms with E-state index in [0.29, 0.717) is 5.56 Å². The van der Waals surface area contributed by atoms with Crippen molar-refractivity contribution in [1.29, 1.82) is 5.26 Å². The Labute approximate surface area is 267 Å². The Bertz CT molecular complexity index is 2400. The van der Waals surface area contributed by atoms with Crippen molar-refractivity contribution in [2.45, 2.75) is 12.8 Å². The van der Waals surface area contributed by atoms with E-state index in [1.165, 1.54) is 33.4 Å². The van der Waals surface area contributed by atoms with Crippen LogP contribution < -0.4 is 0 Å². The molecule has 8 aromatic rings. The van der Waals surface area contributed by atoms with Gasteiger partial charge in [-0.1, -0.05) is 97.1 Å². The molecule has 216 valence electrons. The van der Waals surface area contributed by atoms with Crippen molar-refractivity contribution in [3.63, 3.8) is 0 Å². The summed E-state index contributed by atoms with van der Waals surface area (Å²) in [5.41, 5.74) is 14.2. The number of nitriles is 1. The molecule has 1 aliphatic rings. The number of rotatable bonds is 4. The molecule has 0 radical (unpaired) electrons. The molecule has 0 fully saturated rings. The summed E-state index contributed by atoms with van der Waals surface area (Å²) in [6.45, 7) is 0. The van der Waals surface area contributed by atoms with Gasteiger partial charge in [0.2, 0.25) is 0 Å². The molecule has 3 aromatic heterocycles. The van der Waals surface area contributed by atoms with Gasteiger partial charge in [-0.15, -0.1) is 0 Å². The summed E-state index contributed by atoms with van der Waals surface area (Å²) >= 11 is 0. The van der Waals surface area contributed by atoms with Gasteiger partial charge in [-0.25, -0.2) is 4.98 Å². The molecule has 0 spiro atoms. The van der Waals surface area contributed by atoms with Crippen LogP contribution in [0, 0.1) is 11.3 Å². The van der Waals surface area contributed by atoms with E-state index in [4.69, 9.17) is 4.98 Å². The average Bonchev–Trinajstić information content (AvgIpc) is 3.65. The van der Waals surface area contributed by atoms with Gasteiger partial charge in [0.15, 0.2) is 0 Å². The van der Waals surface area contributed by atoms with Gasteiger partial charge in [-0.05, 0) is 72.5 Å². The van der Waals surface area contributed by atoms with Gasteiger partial charge in [0.1, 0.15) is 0 Å². The van der Waals surface area contributed by atoms with Crippen LogP contribution in [0.1, 0.15) is 16.7 Å². The minimum atomic E-state index is 0.681. The molecular formula is C42H28N4. The Hall–Kier alpha value is -6.18. The van der Waals surface area contributed by atoms with Crippen molar-refractivity contribution >= 4 is 21.8 Å². The van der Waals surface area contributed by atoms with Gasteiger partial charge in [0.25, 0.3) is 0 Å². The van der Waals surface area contributed by atoms with Gasteiger partial charge >= 0.3 is 0 Å². The standard InChI is InChI=1S/C42H28N4/c43-27-28-20-23-40-36(24-28)35-22-21-34-33-18-10-11-19-39(33)46(41(34)42(35)45(40)31-16-8-3-9-17-31)32-25-37(29-12-4-1-5-13-29)44-38(26-32)30-14-6-2-7-15-30/h1-20,23-26H,21-22H2. The average molecular weight is 589 g/mol. The smallest absolute Gasteiger partial charge is 0.0991 e. The fourth-order valence-electron chi connectivity index (χ4n) is 7.26. The molecule has 0 saturated heterocycles. The van der Waals surface area contributed by atoms with Crippen molar-refractivity contribution in [1.82, 2.24) is 14.1 Å². The highest BCUT2D eigenvalue weighted by atomic mass is 15.1. The maximum atomic E-state index is 9.84. The molecule has 0 amide bonds. The summed E-state index contributed by atoms with van der Waals surface area (Å²) in [5.74, 6) is 0. The number of hydrogen-bond donors (Lipinski definition) is 0. The maximum Gasteiger partial charge on any atom is 0.0991 e. The lowest BCUT2D eigenvalue weighted by atomic mass is 9.91. The number of aromatic nitrogens is 3. The molecule has 4 heteroatoms. The maximum absolute atomic E-state index is 9.84. The van der Waals surface area contributed by atoms with Crippen molar-refractivity contribution in [3.05, 3.63) is 162 Å². The summed E-state index contributed by atoms with van der Waals surface area (Å²) in [6.07, 6.45) is 1.82. The molecule has 0 atom stereocenters. The fraction of sp³-hybridized carbons (Fsp3) is 0.0476. The van der Waals surface area contributed by atoms with Crippen LogP contribution in [0.15, 0.2) is 146 Å². The molecule has 0 N–H and O–H groups in total. The van der Waals surface area contributed by atoms with Gasteiger partial charge in [-0.3, -0.25) is 0 Å². The van der Waals surface area contributed by atoms with Crippen LogP contribution in [-0.4, -0.2) is 14.1 Å². The lowest BCUT2D eigenvalue weighted by molar-refractivity contribution is 0.921. The predicted molar refractivity (Wildman–Crippen MR) is 186 cm³/mol. The van der Waals surface area contributed by atoms with Gasteiger partial charge < -0.3 is 9.13 Å². The molecule has 0 saturated carbocycles. The Morgan fingerprint density at radius 3 is 1.65 bits per heavy atom. The zero-order valence-electron chi connectivity index (χ0n) is 25.1. The molecule has 0 aliphatic heterocycles. The van der Waals surface area contributed by atoms with Crippen LogP contribution >= 0.6 is 0 Å². The zero-order chi connectivity index (χ0) is 30.6. The first-order chi connectivity index (χ1) is 22.8. The summed E-state index contributed by atoms with van der Waals surface area (Å²) in [4.78, 5) is 5.19. The van der Waals surface area contributed by atoms with E-state index in [1.807, 2.05) is 18.2 Å². The number of nitrogens with zero attached hydrogens (tertiary/aromatic N) is 4. The predicted octanol–water partition coefficient (Wildman–Crippen LogP) is 9.94. The third-order valence-electron chi connectivity index (χ3n) is 9.25. The highest BCUT2D eigenvalue weighted by Gasteiger charge is 2.31. The van der Waals surface area contributed by atoms with Crippen molar-refractivity contribution in [2.75, 3.05) is 0 Å². The second-order valence-corrected chi connectivity index (χ2v) is 11.8. The van der Waals surface area contributed by atoms with E-state index in [-0.39, 0.29) is 0 Å². The monoisotopic (exact) mass is 588 g/mol. The van der Waals surface area contributed by atoms with E-state index in [1.54, 1.807) is 0 Å². The van der Waals surface area contributed by atoms with E-state index in [2.05, 4.69) is 143 Å². The van der Waals surface area contributed by atoms with Gasteiger partial charge in [0.05, 0.1) is 51.1 Å². The molecule has 0 unspecified atom stereocenters. The van der Waals surface area contributed by atoms with Crippen molar-refractivity contribution in [3.8, 4) is 51.3 Å². The number of pyridine rings is 1. The molecule has 3 heterocycles. The highest BCUT2D eigenvalue weighted by Crippen LogP contribution is 2.47. The first-order valence-electron chi connectivity index (χ1n) is 15.7. The van der Waals surface area contributed by atoms with Crippen LogP contribution in [0.4, 0.5) is 0 Å². The summed E-state index contributed by atoms with van der Waals surface area (Å²) < 4.78 is 4.85.